The molecule has 1 aromatic heterocycles. The molecule has 0 radical (unpaired) electrons. The maximum absolute atomic E-state index is 12.0. The first-order valence-electron chi connectivity index (χ1n) is 7.46. The van der Waals surface area contributed by atoms with Crippen molar-refractivity contribution in [2.45, 2.75) is 12.6 Å². The molecule has 7 nitrogen and oxygen atoms in total. The number of aliphatic hydroxyl groups excluding tert-OH is 1. The lowest BCUT2D eigenvalue weighted by molar-refractivity contribution is 0.116. The normalized spacial score (nSPS) is 11.8. The fraction of sp³-hybridized carbons (Fsp3) is 0.294. The molecule has 0 saturated carbocycles. The van der Waals surface area contributed by atoms with Crippen molar-refractivity contribution in [3.05, 3.63) is 42.2 Å². The van der Waals surface area contributed by atoms with E-state index in [0.717, 1.165) is 0 Å². The molecule has 0 aliphatic carbocycles. The Labute approximate surface area is 141 Å². The van der Waals surface area contributed by atoms with Crippen LogP contribution in [0.1, 0.15) is 5.56 Å². The van der Waals surface area contributed by atoms with Gasteiger partial charge in [-0.05, 0) is 32.3 Å². The first-order valence-corrected chi connectivity index (χ1v) is 7.46. The minimum absolute atomic E-state index is 0.353. The molecule has 2 aromatic rings. The Hall–Kier alpha value is -2.82. The summed E-state index contributed by atoms with van der Waals surface area (Å²) in [7, 11) is 3.78. The van der Waals surface area contributed by atoms with Gasteiger partial charge in [0.2, 0.25) is 0 Å². The second kappa shape index (κ2) is 8.15. The second-order valence-electron chi connectivity index (χ2n) is 5.67. The molecule has 0 aliphatic heterocycles. The lowest BCUT2D eigenvalue weighted by Gasteiger charge is -2.15. The number of rotatable bonds is 6. The number of likely N-dealkylation sites (N-methyl/N-ethyl adjacent to an activating group) is 1. The molecule has 1 aromatic carbocycles. The van der Waals surface area contributed by atoms with E-state index in [9.17, 15) is 9.90 Å². The maximum Gasteiger partial charge on any atom is 0.323 e. The highest BCUT2D eigenvalue weighted by molar-refractivity contribution is 5.99. The molecule has 1 heterocycles. The lowest BCUT2D eigenvalue weighted by atomic mass is 10.2. The van der Waals surface area contributed by atoms with Gasteiger partial charge >= 0.3 is 6.03 Å². The van der Waals surface area contributed by atoms with Gasteiger partial charge in [-0.25, -0.2) is 4.79 Å². The van der Waals surface area contributed by atoms with Gasteiger partial charge in [0.05, 0.1) is 24.5 Å². The molecule has 0 bridgehead atoms. The van der Waals surface area contributed by atoms with Crippen LogP contribution in [0.5, 0.6) is 0 Å². The fourth-order valence-electron chi connectivity index (χ4n) is 2.20. The molecule has 2 rings (SSSR count). The Morgan fingerprint density at radius 2 is 2.17 bits per heavy atom. The van der Waals surface area contributed by atoms with Crippen molar-refractivity contribution in [1.82, 2.24) is 14.7 Å². The van der Waals surface area contributed by atoms with Crippen molar-refractivity contribution < 1.29 is 9.90 Å². The number of terminal acetylenes is 1. The van der Waals surface area contributed by atoms with Gasteiger partial charge in [-0.15, -0.1) is 6.42 Å². The van der Waals surface area contributed by atoms with Crippen molar-refractivity contribution in [2.75, 3.05) is 31.3 Å². The Morgan fingerprint density at radius 3 is 2.88 bits per heavy atom. The van der Waals surface area contributed by atoms with Gasteiger partial charge in [0.25, 0.3) is 0 Å². The second-order valence-corrected chi connectivity index (χ2v) is 5.67. The number of benzene rings is 1. The highest BCUT2D eigenvalue weighted by Crippen LogP contribution is 2.11. The summed E-state index contributed by atoms with van der Waals surface area (Å²) in [5.41, 5.74) is 1.84. The third-order valence-electron chi connectivity index (χ3n) is 3.15. The SMILES string of the molecule is C#Cc1cccc(NC(=O)Nc2cnn(CC(O)CN(C)C)c2)c1. The van der Waals surface area contributed by atoms with Crippen LogP contribution >= 0.6 is 0 Å². The summed E-state index contributed by atoms with van der Waals surface area (Å²) in [6.45, 7) is 0.889. The van der Waals surface area contributed by atoms with Gasteiger partial charge in [-0.3, -0.25) is 4.68 Å². The van der Waals surface area contributed by atoms with Crippen LogP contribution in [0, 0.1) is 12.3 Å². The van der Waals surface area contributed by atoms with Crippen molar-refractivity contribution in [1.29, 1.82) is 0 Å². The molecule has 7 heteroatoms. The number of aromatic nitrogens is 2. The number of nitrogens with zero attached hydrogens (tertiary/aromatic N) is 3. The smallest absolute Gasteiger partial charge is 0.323 e. The molecule has 0 aliphatic rings. The van der Waals surface area contributed by atoms with Crippen LogP contribution in [0.15, 0.2) is 36.7 Å². The monoisotopic (exact) mass is 327 g/mol. The Balaban J connectivity index is 1.89. The summed E-state index contributed by atoms with van der Waals surface area (Å²) < 4.78 is 1.59. The minimum Gasteiger partial charge on any atom is -0.390 e. The summed E-state index contributed by atoms with van der Waals surface area (Å²) in [5.74, 6) is 2.51. The summed E-state index contributed by atoms with van der Waals surface area (Å²) in [4.78, 5) is 13.9. The Kier molecular flexibility index (Phi) is 5.95. The zero-order valence-electron chi connectivity index (χ0n) is 13.7. The van der Waals surface area contributed by atoms with E-state index in [1.165, 1.54) is 6.20 Å². The van der Waals surface area contributed by atoms with Gasteiger partial charge in [0.1, 0.15) is 0 Å². The first-order chi connectivity index (χ1) is 11.5. The van der Waals surface area contributed by atoms with Crippen LogP contribution in [0.3, 0.4) is 0 Å². The Morgan fingerprint density at radius 1 is 1.42 bits per heavy atom. The Bertz CT molecular complexity index is 733. The first kappa shape index (κ1) is 17.5. The van der Waals surface area contributed by atoms with Crippen LogP contribution in [-0.2, 0) is 6.54 Å². The maximum atomic E-state index is 12.0. The molecule has 3 N–H and O–H groups in total. The molecule has 1 unspecified atom stereocenters. The van der Waals surface area contributed by atoms with E-state index in [1.807, 2.05) is 19.0 Å². The zero-order chi connectivity index (χ0) is 17.5. The predicted octanol–water partition coefficient (Wildman–Crippen LogP) is 1.43. The molecule has 2 amide bonds. The van der Waals surface area contributed by atoms with E-state index in [1.54, 1.807) is 35.1 Å². The van der Waals surface area contributed by atoms with E-state index in [2.05, 4.69) is 21.7 Å². The number of hydrogen-bond acceptors (Lipinski definition) is 4. The van der Waals surface area contributed by atoms with E-state index in [4.69, 9.17) is 6.42 Å². The molecular weight excluding hydrogens is 306 g/mol. The minimum atomic E-state index is -0.534. The van der Waals surface area contributed by atoms with Gasteiger partial charge in [-0.2, -0.15) is 5.10 Å². The average Bonchev–Trinajstić information content (AvgIpc) is 2.93. The predicted molar refractivity (Wildman–Crippen MR) is 93.8 cm³/mol. The largest absolute Gasteiger partial charge is 0.390 e. The van der Waals surface area contributed by atoms with Gasteiger partial charge in [0, 0.05) is 24.0 Å². The van der Waals surface area contributed by atoms with Gasteiger partial charge in [-0.1, -0.05) is 12.0 Å². The lowest BCUT2D eigenvalue weighted by Crippen LogP contribution is -2.29. The molecule has 0 spiro atoms. The third kappa shape index (κ3) is 5.43. The molecular formula is C17H21N5O2. The standard InChI is InChI=1S/C17H21N5O2/c1-4-13-6-5-7-14(8-13)19-17(24)20-15-9-18-22(10-15)12-16(23)11-21(2)3/h1,5-10,16,23H,11-12H2,2-3H3,(H2,19,20,24). The number of nitrogens with one attached hydrogen (secondary N) is 2. The number of carbonyl (C=O) groups excluding carboxylic acids is 1. The van der Waals surface area contributed by atoms with E-state index >= 15 is 0 Å². The quantitative estimate of drug-likeness (QED) is 0.701. The summed E-state index contributed by atoms with van der Waals surface area (Å²) in [6.07, 6.45) is 7.99. The number of aliphatic hydroxyl groups is 1. The summed E-state index contributed by atoms with van der Waals surface area (Å²) in [5, 5.41) is 19.4. The average molecular weight is 327 g/mol. The number of urea groups is 1. The van der Waals surface area contributed by atoms with Crippen molar-refractivity contribution in [2.24, 2.45) is 0 Å². The zero-order valence-corrected chi connectivity index (χ0v) is 13.7. The van der Waals surface area contributed by atoms with E-state index in [0.29, 0.717) is 30.0 Å². The summed E-state index contributed by atoms with van der Waals surface area (Å²) in [6, 6.07) is 6.63. The van der Waals surface area contributed by atoms with Gasteiger partial charge < -0.3 is 20.6 Å². The fourth-order valence-corrected chi connectivity index (χ4v) is 2.20. The molecule has 0 saturated heterocycles. The molecule has 0 fully saturated rings. The topological polar surface area (TPSA) is 82.4 Å². The molecule has 1 atom stereocenters. The highest BCUT2D eigenvalue weighted by Gasteiger charge is 2.09. The van der Waals surface area contributed by atoms with Crippen molar-refractivity contribution >= 4 is 17.4 Å². The number of anilines is 2. The number of hydrogen-bond donors (Lipinski definition) is 3. The number of amides is 2. The third-order valence-corrected chi connectivity index (χ3v) is 3.15. The van der Waals surface area contributed by atoms with Crippen LogP contribution in [0.2, 0.25) is 0 Å². The van der Waals surface area contributed by atoms with Gasteiger partial charge in [0.15, 0.2) is 0 Å². The van der Waals surface area contributed by atoms with E-state index < -0.39 is 12.1 Å². The van der Waals surface area contributed by atoms with Crippen LogP contribution in [-0.4, -0.2) is 52.6 Å². The number of carbonyl (C=O) groups is 1. The summed E-state index contributed by atoms with van der Waals surface area (Å²) >= 11 is 0. The van der Waals surface area contributed by atoms with Crippen LogP contribution < -0.4 is 10.6 Å². The van der Waals surface area contributed by atoms with Crippen molar-refractivity contribution in [3.63, 3.8) is 0 Å². The van der Waals surface area contributed by atoms with Crippen molar-refractivity contribution in [3.8, 4) is 12.3 Å². The molecule has 126 valence electrons. The molecule has 24 heavy (non-hydrogen) atoms. The van der Waals surface area contributed by atoms with Crippen LogP contribution in [0.4, 0.5) is 16.2 Å². The van der Waals surface area contributed by atoms with Crippen LogP contribution in [0.25, 0.3) is 0 Å². The van der Waals surface area contributed by atoms with E-state index in [-0.39, 0.29) is 0 Å². The highest BCUT2D eigenvalue weighted by atomic mass is 16.3.